The molecular weight excluding hydrogens is 422 g/mol. The lowest BCUT2D eigenvalue weighted by atomic mass is 10.2. The van der Waals surface area contributed by atoms with E-state index in [1.807, 2.05) is 0 Å². The van der Waals surface area contributed by atoms with E-state index >= 15 is 0 Å². The Morgan fingerprint density at radius 1 is 1.17 bits per heavy atom. The number of ether oxygens (including phenoxy) is 2. The first-order chi connectivity index (χ1) is 13.6. The van der Waals surface area contributed by atoms with Gasteiger partial charge in [-0.1, -0.05) is 24.3 Å². The largest absolute Gasteiger partial charge is 0.458 e. The summed E-state index contributed by atoms with van der Waals surface area (Å²) in [6.45, 7) is 0.390. The molecule has 1 unspecified atom stereocenters. The highest BCUT2D eigenvalue weighted by Gasteiger charge is 2.37. The number of esters is 2. The molecule has 0 saturated heterocycles. The number of carbonyl (C=O) groups excluding carboxylic acids is 2. The Balaban J connectivity index is 2.37. The minimum atomic E-state index is -4.01. The van der Waals surface area contributed by atoms with Gasteiger partial charge in [-0.15, -0.1) is 5.11 Å². The number of hydrogen-bond donors (Lipinski definition) is 0. The maximum Gasteiger partial charge on any atom is 0.342 e. The highest BCUT2D eigenvalue weighted by Crippen LogP contribution is 2.24. The zero-order valence-corrected chi connectivity index (χ0v) is 16.6. The summed E-state index contributed by atoms with van der Waals surface area (Å²) in [6, 6.07) is 14.6. The molecule has 0 saturated carbocycles. The van der Waals surface area contributed by atoms with Crippen molar-refractivity contribution >= 4 is 37.4 Å². The SMILES string of the molecule is CC(=O)OCC(C#N)(N=Nc1cccc(S(=O)(=O)Cl)c1)OC(=O)c1ccccc1. The molecule has 0 N–H and O–H groups in total. The third-order valence-electron chi connectivity index (χ3n) is 3.34. The Bertz CT molecular complexity index is 1080. The third kappa shape index (κ3) is 6.38. The summed E-state index contributed by atoms with van der Waals surface area (Å²) in [6.07, 6.45) is 0. The lowest BCUT2D eigenvalue weighted by Crippen LogP contribution is -2.37. The molecule has 0 bridgehead atoms. The molecule has 1 atom stereocenters. The van der Waals surface area contributed by atoms with E-state index < -0.39 is 33.3 Å². The molecule has 0 amide bonds. The standard InChI is InChI=1S/C18H14ClN3O6S/c1-13(23)27-12-18(11-20,28-17(24)14-6-3-2-4-7-14)22-21-15-8-5-9-16(10-15)29(19,25)26/h2-10H,12H2,1H3. The van der Waals surface area contributed by atoms with Crippen LogP contribution in [0.1, 0.15) is 17.3 Å². The second-order valence-corrected chi connectivity index (χ2v) is 8.13. The average Bonchev–Trinajstić information content (AvgIpc) is 2.70. The molecule has 0 heterocycles. The first kappa shape index (κ1) is 22.0. The van der Waals surface area contributed by atoms with Crippen LogP contribution in [0.5, 0.6) is 0 Å². The van der Waals surface area contributed by atoms with Gasteiger partial charge in [-0.25, -0.2) is 13.2 Å². The predicted octanol–water partition coefficient (Wildman–Crippen LogP) is 3.34. The van der Waals surface area contributed by atoms with Crippen molar-refractivity contribution in [3.63, 3.8) is 0 Å². The van der Waals surface area contributed by atoms with Gasteiger partial charge in [0, 0.05) is 17.6 Å². The summed E-state index contributed by atoms with van der Waals surface area (Å²) in [5.74, 6) is -1.62. The van der Waals surface area contributed by atoms with E-state index in [0.29, 0.717) is 0 Å². The lowest BCUT2D eigenvalue weighted by Gasteiger charge is -2.20. The topological polar surface area (TPSA) is 135 Å². The van der Waals surface area contributed by atoms with E-state index in [1.165, 1.54) is 30.3 Å². The highest BCUT2D eigenvalue weighted by atomic mass is 35.7. The zero-order valence-electron chi connectivity index (χ0n) is 15.0. The van der Waals surface area contributed by atoms with Crippen molar-refractivity contribution < 1.29 is 27.5 Å². The maximum atomic E-state index is 12.3. The number of nitrogens with zero attached hydrogens (tertiary/aromatic N) is 3. The normalized spacial score (nSPS) is 13.3. The van der Waals surface area contributed by atoms with Gasteiger partial charge in [-0.05, 0) is 30.3 Å². The lowest BCUT2D eigenvalue weighted by molar-refractivity contribution is -0.146. The van der Waals surface area contributed by atoms with Gasteiger partial charge in [0.2, 0.25) is 0 Å². The van der Waals surface area contributed by atoms with Crippen LogP contribution in [-0.4, -0.2) is 32.7 Å². The molecule has 0 spiro atoms. The zero-order chi connectivity index (χ0) is 21.5. The summed E-state index contributed by atoms with van der Waals surface area (Å²) >= 11 is 0. The highest BCUT2D eigenvalue weighted by molar-refractivity contribution is 8.13. The Kier molecular flexibility index (Phi) is 7.03. The van der Waals surface area contributed by atoms with Crippen molar-refractivity contribution in [1.82, 2.24) is 0 Å². The first-order valence-electron chi connectivity index (χ1n) is 7.96. The Morgan fingerprint density at radius 3 is 2.45 bits per heavy atom. The van der Waals surface area contributed by atoms with Crippen LogP contribution in [0.4, 0.5) is 5.69 Å². The third-order valence-corrected chi connectivity index (χ3v) is 4.69. The van der Waals surface area contributed by atoms with Gasteiger partial charge in [-0.2, -0.15) is 10.4 Å². The molecule has 11 heteroatoms. The van der Waals surface area contributed by atoms with Gasteiger partial charge >= 0.3 is 17.7 Å². The number of hydrogen-bond acceptors (Lipinski definition) is 9. The second-order valence-electron chi connectivity index (χ2n) is 5.57. The van der Waals surface area contributed by atoms with Crippen molar-refractivity contribution in [3.8, 4) is 6.07 Å². The van der Waals surface area contributed by atoms with Crippen molar-refractivity contribution in [1.29, 1.82) is 5.26 Å². The summed E-state index contributed by atoms with van der Waals surface area (Å²) in [7, 11) is 1.28. The van der Waals surface area contributed by atoms with Crippen LogP contribution in [0.25, 0.3) is 0 Å². The maximum absolute atomic E-state index is 12.3. The number of rotatable bonds is 7. The van der Waals surface area contributed by atoms with E-state index in [1.54, 1.807) is 24.3 Å². The molecule has 0 radical (unpaired) electrons. The molecule has 2 aromatic rings. The fourth-order valence-corrected chi connectivity index (χ4v) is 2.77. The van der Waals surface area contributed by atoms with Gasteiger partial charge in [0.25, 0.3) is 9.05 Å². The van der Waals surface area contributed by atoms with Crippen molar-refractivity contribution in [2.24, 2.45) is 10.2 Å². The van der Waals surface area contributed by atoms with E-state index in [-0.39, 0.29) is 16.1 Å². The van der Waals surface area contributed by atoms with Crippen molar-refractivity contribution in [2.75, 3.05) is 6.61 Å². The summed E-state index contributed by atoms with van der Waals surface area (Å²) in [5.41, 5.74) is -2.13. The summed E-state index contributed by atoms with van der Waals surface area (Å²) in [4.78, 5) is 23.3. The molecule has 2 aromatic carbocycles. The van der Waals surface area contributed by atoms with Gasteiger partial charge in [0.1, 0.15) is 6.07 Å². The molecule has 2 rings (SSSR count). The van der Waals surface area contributed by atoms with E-state index in [0.717, 1.165) is 13.0 Å². The van der Waals surface area contributed by atoms with Gasteiger partial charge < -0.3 is 9.47 Å². The van der Waals surface area contributed by atoms with E-state index in [9.17, 15) is 23.3 Å². The minimum absolute atomic E-state index is 0.0185. The van der Waals surface area contributed by atoms with Gasteiger partial charge in [-0.3, -0.25) is 4.79 Å². The van der Waals surface area contributed by atoms with Crippen LogP contribution in [0.2, 0.25) is 0 Å². The molecule has 0 aromatic heterocycles. The van der Waals surface area contributed by atoms with Crippen LogP contribution in [0.3, 0.4) is 0 Å². The molecule has 150 valence electrons. The van der Waals surface area contributed by atoms with Crippen molar-refractivity contribution in [3.05, 3.63) is 60.2 Å². The molecule has 0 fully saturated rings. The van der Waals surface area contributed by atoms with E-state index in [2.05, 4.69) is 10.2 Å². The number of halogens is 1. The number of benzene rings is 2. The Labute approximate surface area is 171 Å². The fraction of sp³-hybridized carbons (Fsp3) is 0.167. The Hall–Kier alpha value is -3.29. The summed E-state index contributed by atoms with van der Waals surface area (Å²) < 4.78 is 32.8. The Morgan fingerprint density at radius 2 is 1.86 bits per heavy atom. The van der Waals surface area contributed by atoms with Crippen LogP contribution < -0.4 is 0 Å². The van der Waals surface area contributed by atoms with E-state index in [4.69, 9.17) is 20.2 Å². The van der Waals surface area contributed by atoms with Crippen LogP contribution in [0.15, 0.2) is 69.7 Å². The van der Waals surface area contributed by atoms with Gasteiger partial charge in [0.05, 0.1) is 16.1 Å². The molecule has 29 heavy (non-hydrogen) atoms. The molecule has 0 aliphatic carbocycles. The fourth-order valence-electron chi connectivity index (χ4n) is 1.98. The molecule has 0 aliphatic heterocycles. The molecule has 9 nitrogen and oxygen atoms in total. The first-order valence-corrected chi connectivity index (χ1v) is 10.3. The van der Waals surface area contributed by atoms with Crippen LogP contribution >= 0.6 is 10.7 Å². The van der Waals surface area contributed by atoms with Gasteiger partial charge in [0.15, 0.2) is 6.61 Å². The predicted molar refractivity (Wildman–Crippen MR) is 101 cm³/mol. The number of azo groups is 1. The van der Waals surface area contributed by atoms with Crippen LogP contribution in [0, 0.1) is 11.3 Å². The molecular formula is C18H14ClN3O6S. The number of carbonyl (C=O) groups is 2. The average molecular weight is 436 g/mol. The quantitative estimate of drug-likeness (QED) is 0.369. The second kappa shape index (κ2) is 9.27. The van der Waals surface area contributed by atoms with Crippen molar-refractivity contribution in [2.45, 2.75) is 17.5 Å². The molecule has 0 aliphatic rings. The van der Waals surface area contributed by atoms with Crippen LogP contribution in [-0.2, 0) is 23.3 Å². The smallest absolute Gasteiger partial charge is 0.342 e. The number of nitriles is 1. The monoisotopic (exact) mass is 435 g/mol. The summed E-state index contributed by atoms with van der Waals surface area (Å²) in [5, 5.41) is 17.0. The minimum Gasteiger partial charge on any atom is -0.458 e.